The Morgan fingerprint density at radius 2 is 2.00 bits per heavy atom. The molecule has 0 saturated carbocycles. The van der Waals surface area contributed by atoms with Gasteiger partial charge in [0, 0.05) is 33.4 Å². The van der Waals surface area contributed by atoms with Crippen LogP contribution in [-0.4, -0.2) is 4.98 Å². The van der Waals surface area contributed by atoms with Crippen molar-refractivity contribution in [3.05, 3.63) is 56.4 Å². The Balaban J connectivity index is 2.67. The molecule has 0 fully saturated rings. The molecular formula is C13H8Cl2N2O. The lowest BCUT2D eigenvalue weighted by molar-refractivity contribution is 1.17. The van der Waals surface area contributed by atoms with Gasteiger partial charge in [-0.2, -0.15) is 5.26 Å². The van der Waals surface area contributed by atoms with Gasteiger partial charge in [0.05, 0.1) is 12.5 Å². The molecular weight excluding hydrogens is 271 g/mol. The van der Waals surface area contributed by atoms with Crippen LogP contribution in [0.5, 0.6) is 0 Å². The van der Waals surface area contributed by atoms with Crippen molar-refractivity contribution in [2.45, 2.75) is 6.42 Å². The second kappa shape index (κ2) is 5.26. The van der Waals surface area contributed by atoms with Crippen LogP contribution in [0.2, 0.25) is 10.0 Å². The van der Waals surface area contributed by atoms with Crippen LogP contribution >= 0.6 is 23.2 Å². The van der Waals surface area contributed by atoms with Crippen molar-refractivity contribution in [2.75, 3.05) is 0 Å². The van der Waals surface area contributed by atoms with Gasteiger partial charge in [0.1, 0.15) is 0 Å². The number of hydrogen-bond donors (Lipinski definition) is 1. The van der Waals surface area contributed by atoms with E-state index in [9.17, 15) is 4.79 Å². The highest BCUT2D eigenvalue weighted by Crippen LogP contribution is 2.31. The maximum absolute atomic E-state index is 11.3. The number of hydrogen-bond acceptors (Lipinski definition) is 2. The van der Waals surface area contributed by atoms with E-state index >= 15 is 0 Å². The number of H-pyrrole nitrogens is 1. The fourth-order valence-corrected chi connectivity index (χ4v) is 2.09. The van der Waals surface area contributed by atoms with Gasteiger partial charge in [-0.05, 0) is 23.8 Å². The van der Waals surface area contributed by atoms with E-state index in [1.54, 1.807) is 24.4 Å². The third kappa shape index (κ3) is 2.56. The Morgan fingerprint density at radius 3 is 2.72 bits per heavy atom. The third-order valence-corrected chi connectivity index (χ3v) is 3.06. The van der Waals surface area contributed by atoms with Crippen molar-refractivity contribution in [3.8, 4) is 17.2 Å². The predicted octanol–water partition coefficient (Wildman–Crippen LogP) is 3.41. The summed E-state index contributed by atoms with van der Waals surface area (Å²) in [5.74, 6) is 0. The summed E-state index contributed by atoms with van der Waals surface area (Å²) in [5, 5.41) is 9.85. The molecule has 5 heteroatoms. The highest BCUT2D eigenvalue weighted by Gasteiger charge is 2.10. The van der Waals surface area contributed by atoms with Gasteiger partial charge in [-0.15, -0.1) is 0 Å². The average Bonchev–Trinajstić information content (AvgIpc) is 2.33. The molecule has 1 N–H and O–H groups in total. The first kappa shape index (κ1) is 12.7. The smallest absolute Gasteiger partial charge is 0.248 e. The van der Waals surface area contributed by atoms with Crippen LogP contribution in [0.1, 0.15) is 5.56 Å². The molecule has 18 heavy (non-hydrogen) atoms. The highest BCUT2D eigenvalue weighted by atomic mass is 35.5. The predicted molar refractivity (Wildman–Crippen MR) is 71.8 cm³/mol. The van der Waals surface area contributed by atoms with Crippen molar-refractivity contribution in [3.63, 3.8) is 0 Å². The molecule has 1 aromatic heterocycles. The third-order valence-electron chi connectivity index (χ3n) is 2.50. The molecule has 0 aliphatic rings. The number of aromatic nitrogens is 1. The van der Waals surface area contributed by atoms with Gasteiger partial charge in [0.15, 0.2) is 0 Å². The van der Waals surface area contributed by atoms with E-state index in [1.807, 2.05) is 6.07 Å². The van der Waals surface area contributed by atoms with Crippen LogP contribution in [0.3, 0.4) is 0 Å². The minimum absolute atomic E-state index is 0.141. The summed E-state index contributed by atoms with van der Waals surface area (Å²) in [7, 11) is 0. The number of benzene rings is 1. The number of halogens is 2. The SMILES string of the molecule is N#CCc1cc(=O)[nH]cc1-c1cc(Cl)ccc1Cl. The molecule has 0 amide bonds. The molecule has 1 aromatic carbocycles. The number of rotatable bonds is 2. The molecule has 0 saturated heterocycles. The van der Waals surface area contributed by atoms with E-state index in [0.717, 1.165) is 0 Å². The summed E-state index contributed by atoms with van der Waals surface area (Å²) in [5.41, 5.74) is 1.79. The van der Waals surface area contributed by atoms with Crippen molar-refractivity contribution in [1.82, 2.24) is 4.98 Å². The van der Waals surface area contributed by atoms with Gasteiger partial charge in [-0.25, -0.2) is 0 Å². The van der Waals surface area contributed by atoms with Crippen molar-refractivity contribution >= 4 is 23.2 Å². The van der Waals surface area contributed by atoms with Crippen LogP contribution in [0.4, 0.5) is 0 Å². The summed E-state index contributed by atoms with van der Waals surface area (Å²) in [6.07, 6.45) is 1.69. The first-order valence-corrected chi connectivity index (χ1v) is 5.91. The summed E-state index contributed by atoms with van der Waals surface area (Å²) in [4.78, 5) is 13.9. The molecule has 3 nitrogen and oxygen atoms in total. The van der Waals surface area contributed by atoms with E-state index in [-0.39, 0.29) is 12.0 Å². The molecule has 0 aliphatic carbocycles. The van der Waals surface area contributed by atoms with Gasteiger partial charge in [-0.3, -0.25) is 4.79 Å². The quantitative estimate of drug-likeness (QED) is 0.915. The maximum atomic E-state index is 11.3. The molecule has 0 aliphatic heterocycles. The first-order valence-electron chi connectivity index (χ1n) is 5.16. The summed E-state index contributed by atoms with van der Waals surface area (Å²) < 4.78 is 0. The Morgan fingerprint density at radius 1 is 1.22 bits per heavy atom. The molecule has 2 rings (SSSR count). The topological polar surface area (TPSA) is 56.6 Å². The average molecular weight is 279 g/mol. The summed E-state index contributed by atoms with van der Waals surface area (Å²) in [6, 6.07) is 8.50. The lowest BCUT2D eigenvalue weighted by atomic mass is 10.0. The number of nitrogens with zero attached hydrogens (tertiary/aromatic N) is 1. The Bertz CT molecular complexity index is 686. The van der Waals surface area contributed by atoms with E-state index in [2.05, 4.69) is 4.98 Å². The number of aromatic amines is 1. The van der Waals surface area contributed by atoms with Crippen molar-refractivity contribution in [1.29, 1.82) is 5.26 Å². The zero-order valence-electron chi connectivity index (χ0n) is 9.21. The largest absolute Gasteiger partial charge is 0.328 e. The summed E-state index contributed by atoms with van der Waals surface area (Å²) in [6.45, 7) is 0. The van der Waals surface area contributed by atoms with Gasteiger partial charge in [0.2, 0.25) is 5.56 Å². The highest BCUT2D eigenvalue weighted by molar-refractivity contribution is 6.35. The second-order valence-electron chi connectivity index (χ2n) is 3.70. The Kier molecular flexibility index (Phi) is 3.71. The molecule has 0 bridgehead atoms. The second-order valence-corrected chi connectivity index (χ2v) is 4.54. The normalized spacial score (nSPS) is 10.1. The fraction of sp³-hybridized carbons (Fsp3) is 0.0769. The Labute approximate surface area is 114 Å². The van der Waals surface area contributed by atoms with Gasteiger partial charge in [-0.1, -0.05) is 23.2 Å². The zero-order valence-corrected chi connectivity index (χ0v) is 10.7. The molecule has 0 radical (unpaired) electrons. The van der Waals surface area contributed by atoms with Gasteiger partial charge in [0.25, 0.3) is 0 Å². The van der Waals surface area contributed by atoms with Crippen LogP contribution in [0.15, 0.2) is 35.3 Å². The van der Waals surface area contributed by atoms with Crippen molar-refractivity contribution < 1.29 is 0 Å². The lowest BCUT2D eigenvalue weighted by Gasteiger charge is -2.08. The standard InChI is InChI=1S/C13H8Cl2N2O/c14-9-1-2-12(15)10(6-9)11-7-17-13(18)5-8(11)3-4-16/h1-2,5-7H,3H2,(H,17,18). The first-order chi connectivity index (χ1) is 8.61. The van der Waals surface area contributed by atoms with Crippen molar-refractivity contribution in [2.24, 2.45) is 0 Å². The van der Waals surface area contributed by atoms with E-state index in [0.29, 0.717) is 26.7 Å². The minimum atomic E-state index is -0.248. The van der Waals surface area contributed by atoms with Crippen LogP contribution < -0.4 is 5.56 Å². The number of nitrogens with one attached hydrogen (secondary N) is 1. The monoisotopic (exact) mass is 278 g/mol. The molecule has 0 atom stereocenters. The van der Waals surface area contributed by atoms with Crippen LogP contribution in [-0.2, 0) is 6.42 Å². The molecule has 90 valence electrons. The van der Waals surface area contributed by atoms with E-state index in [1.165, 1.54) is 6.07 Å². The lowest BCUT2D eigenvalue weighted by Crippen LogP contribution is -2.06. The van der Waals surface area contributed by atoms with Crippen LogP contribution in [0, 0.1) is 11.3 Å². The number of nitriles is 1. The molecule has 2 aromatic rings. The Hall–Kier alpha value is -1.76. The molecule has 0 unspecified atom stereocenters. The van der Waals surface area contributed by atoms with E-state index < -0.39 is 0 Å². The molecule has 0 spiro atoms. The van der Waals surface area contributed by atoms with Gasteiger partial charge >= 0.3 is 0 Å². The summed E-state index contributed by atoms with van der Waals surface area (Å²) >= 11 is 12.0. The molecule has 1 heterocycles. The van der Waals surface area contributed by atoms with Crippen LogP contribution in [0.25, 0.3) is 11.1 Å². The van der Waals surface area contributed by atoms with E-state index in [4.69, 9.17) is 28.5 Å². The fourth-order valence-electron chi connectivity index (χ4n) is 1.70. The number of pyridine rings is 1. The maximum Gasteiger partial charge on any atom is 0.248 e. The minimum Gasteiger partial charge on any atom is -0.328 e. The zero-order chi connectivity index (χ0) is 13.1. The van der Waals surface area contributed by atoms with Gasteiger partial charge < -0.3 is 4.98 Å².